The van der Waals surface area contributed by atoms with E-state index in [0.717, 1.165) is 23.1 Å². The Balaban J connectivity index is 2.53. The van der Waals surface area contributed by atoms with Crippen LogP contribution in [0.15, 0.2) is 24.3 Å². The fraction of sp³-hybridized carbons (Fsp3) is 0.500. The summed E-state index contributed by atoms with van der Waals surface area (Å²) in [6.45, 7) is 9.17. The molecule has 1 aliphatic heterocycles. The van der Waals surface area contributed by atoms with Gasteiger partial charge in [0.05, 0.1) is 7.11 Å². The Labute approximate surface area is 117 Å². The van der Waals surface area contributed by atoms with Crippen LogP contribution in [-0.4, -0.2) is 15.4 Å². The lowest BCUT2D eigenvalue weighted by Crippen LogP contribution is -2.47. The number of para-hydroxylation sites is 1. The molecule has 0 bridgehead atoms. The van der Waals surface area contributed by atoms with Gasteiger partial charge in [-0.1, -0.05) is 52.0 Å². The summed E-state index contributed by atoms with van der Waals surface area (Å²) in [5.41, 5.74) is 2.29. The molecule has 0 radical (unpaired) electrons. The average Bonchev–Trinajstić information content (AvgIpc) is 2.58. The number of allylic oxidation sites excluding steroid dienone is 1. The lowest BCUT2D eigenvalue weighted by Gasteiger charge is -2.38. The van der Waals surface area contributed by atoms with Gasteiger partial charge in [-0.3, -0.25) is 0 Å². The first kappa shape index (κ1) is 14.2. The molecule has 2 nitrogen and oxygen atoms in total. The molecule has 1 heterocycles. The number of hydrogen-bond donors (Lipinski definition) is 0. The van der Waals surface area contributed by atoms with E-state index in [4.69, 9.17) is 9.16 Å². The van der Waals surface area contributed by atoms with Crippen molar-refractivity contribution >= 4 is 14.4 Å². The Morgan fingerprint density at radius 2 is 1.84 bits per heavy atom. The van der Waals surface area contributed by atoms with Crippen LogP contribution < -0.4 is 9.16 Å². The number of hydrogen-bond acceptors (Lipinski definition) is 2. The molecule has 0 aromatic heterocycles. The third-order valence-corrected chi connectivity index (χ3v) is 9.58. The SMILES string of the molecule is COc1cccc2c1O[Si](C(C)C)(C(C)C)CC=C2. The topological polar surface area (TPSA) is 18.5 Å². The zero-order valence-corrected chi connectivity index (χ0v) is 13.6. The van der Waals surface area contributed by atoms with Crippen LogP contribution in [0.4, 0.5) is 0 Å². The van der Waals surface area contributed by atoms with Crippen molar-refractivity contribution in [1.82, 2.24) is 0 Å². The zero-order valence-electron chi connectivity index (χ0n) is 12.6. The van der Waals surface area contributed by atoms with Crippen molar-refractivity contribution < 1.29 is 9.16 Å². The van der Waals surface area contributed by atoms with Gasteiger partial charge in [0.25, 0.3) is 8.32 Å². The van der Waals surface area contributed by atoms with Gasteiger partial charge in [0.2, 0.25) is 0 Å². The zero-order chi connectivity index (χ0) is 14.0. The first-order valence-electron chi connectivity index (χ1n) is 7.04. The van der Waals surface area contributed by atoms with Gasteiger partial charge in [-0.15, -0.1) is 0 Å². The molecule has 0 amide bonds. The number of benzene rings is 1. The Kier molecular flexibility index (Phi) is 4.04. The molecular formula is C16H24O2Si. The van der Waals surface area contributed by atoms with Crippen molar-refractivity contribution in [3.8, 4) is 11.5 Å². The second-order valence-electron chi connectivity index (χ2n) is 5.85. The summed E-state index contributed by atoms with van der Waals surface area (Å²) in [6.07, 6.45) is 4.47. The Morgan fingerprint density at radius 1 is 1.16 bits per heavy atom. The molecule has 0 spiro atoms. The normalized spacial score (nSPS) is 17.0. The predicted octanol–water partition coefficient (Wildman–Crippen LogP) is 4.87. The van der Waals surface area contributed by atoms with E-state index < -0.39 is 8.32 Å². The molecule has 0 atom stereocenters. The Hall–Kier alpha value is -1.22. The molecule has 19 heavy (non-hydrogen) atoms. The van der Waals surface area contributed by atoms with Crippen molar-refractivity contribution in [3.63, 3.8) is 0 Å². The third kappa shape index (κ3) is 2.44. The summed E-state index contributed by atoms with van der Waals surface area (Å²) in [6, 6.07) is 7.17. The Bertz CT molecular complexity index is 470. The summed E-state index contributed by atoms with van der Waals surface area (Å²) in [5.74, 6) is 1.79. The minimum absolute atomic E-state index is 0.577. The smallest absolute Gasteiger partial charge is 0.260 e. The molecule has 1 aliphatic rings. The largest absolute Gasteiger partial charge is 0.540 e. The van der Waals surface area contributed by atoms with Crippen LogP contribution in [0.25, 0.3) is 6.08 Å². The molecule has 0 saturated heterocycles. The van der Waals surface area contributed by atoms with Gasteiger partial charge in [0.15, 0.2) is 11.5 Å². The average molecular weight is 276 g/mol. The Morgan fingerprint density at radius 3 is 2.42 bits per heavy atom. The second kappa shape index (κ2) is 5.41. The highest BCUT2D eigenvalue weighted by atomic mass is 28.4. The maximum absolute atomic E-state index is 6.64. The first-order chi connectivity index (χ1) is 9.01. The highest BCUT2D eigenvalue weighted by molar-refractivity contribution is 6.77. The maximum Gasteiger partial charge on any atom is 0.260 e. The van der Waals surface area contributed by atoms with Crippen LogP contribution in [0.1, 0.15) is 33.3 Å². The van der Waals surface area contributed by atoms with Gasteiger partial charge in [-0.2, -0.15) is 0 Å². The molecule has 0 saturated carbocycles. The molecule has 1 aromatic rings. The van der Waals surface area contributed by atoms with E-state index in [1.165, 1.54) is 0 Å². The highest BCUT2D eigenvalue weighted by Gasteiger charge is 2.44. The molecule has 104 valence electrons. The van der Waals surface area contributed by atoms with Crippen LogP contribution in [0.3, 0.4) is 0 Å². The molecule has 0 N–H and O–H groups in total. The van der Waals surface area contributed by atoms with Gasteiger partial charge < -0.3 is 9.16 Å². The molecular weight excluding hydrogens is 252 g/mol. The highest BCUT2D eigenvalue weighted by Crippen LogP contribution is 2.44. The number of rotatable bonds is 3. The predicted molar refractivity (Wildman–Crippen MR) is 83.4 cm³/mol. The van der Waals surface area contributed by atoms with Crippen LogP contribution in [0.2, 0.25) is 17.1 Å². The summed E-state index contributed by atoms with van der Waals surface area (Å²) in [5, 5.41) is 0. The molecule has 3 heteroatoms. The van der Waals surface area contributed by atoms with Crippen molar-refractivity contribution in [2.45, 2.75) is 44.8 Å². The minimum atomic E-state index is -1.85. The summed E-state index contributed by atoms with van der Waals surface area (Å²) >= 11 is 0. The van der Waals surface area contributed by atoms with Crippen LogP contribution in [0, 0.1) is 0 Å². The number of fused-ring (bicyclic) bond motifs is 1. The van der Waals surface area contributed by atoms with E-state index in [0.29, 0.717) is 11.1 Å². The molecule has 0 unspecified atom stereocenters. The molecule has 2 rings (SSSR count). The van der Waals surface area contributed by atoms with Gasteiger partial charge >= 0.3 is 0 Å². The summed E-state index contributed by atoms with van der Waals surface area (Å²) < 4.78 is 12.1. The molecule has 1 aromatic carbocycles. The van der Waals surface area contributed by atoms with E-state index in [2.05, 4.69) is 45.9 Å². The van der Waals surface area contributed by atoms with Crippen LogP contribution >= 0.6 is 0 Å². The fourth-order valence-electron chi connectivity index (χ4n) is 2.91. The molecule has 0 aliphatic carbocycles. The standard InChI is InChI=1S/C16H24O2Si/c1-12(2)19(13(3)4)11-7-9-14-8-6-10-15(17-5)16(14)18-19/h6-10,12-13H,11H2,1-5H3. The third-order valence-electron chi connectivity index (χ3n) is 4.21. The minimum Gasteiger partial charge on any atom is -0.540 e. The van der Waals surface area contributed by atoms with E-state index in [-0.39, 0.29) is 0 Å². The van der Waals surface area contributed by atoms with Crippen LogP contribution in [0.5, 0.6) is 11.5 Å². The quantitative estimate of drug-likeness (QED) is 0.734. The summed E-state index contributed by atoms with van der Waals surface area (Å²) in [7, 11) is -0.144. The monoisotopic (exact) mass is 276 g/mol. The van der Waals surface area contributed by atoms with Crippen LogP contribution in [-0.2, 0) is 0 Å². The van der Waals surface area contributed by atoms with Crippen molar-refractivity contribution in [3.05, 3.63) is 29.8 Å². The van der Waals surface area contributed by atoms with Gasteiger partial charge in [-0.05, 0) is 23.2 Å². The number of ether oxygens (including phenoxy) is 1. The van der Waals surface area contributed by atoms with Crippen molar-refractivity contribution in [2.75, 3.05) is 7.11 Å². The van der Waals surface area contributed by atoms with Crippen molar-refractivity contribution in [2.24, 2.45) is 0 Å². The second-order valence-corrected chi connectivity index (χ2v) is 10.7. The van der Waals surface area contributed by atoms with Gasteiger partial charge in [-0.25, -0.2) is 0 Å². The molecule has 0 fully saturated rings. The lowest BCUT2D eigenvalue weighted by atomic mass is 10.2. The lowest BCUT2D eigenvalue weighted by molar-refractivity contribution is 0.386. The fourth-order valence-corrected chi connectivity index (χ4v) is 6.83. The van der Waals surface area contributed by atoms with E-state index in [9.17, 15) is 0 Å². The number of methoxy groups -OCH3 is 1. The first-order valence-corrected chi connectivity index (χ1v) is 9.31. The van der Waals surface area contributed by atoms with E-state index in [1.54, 1.807) is 7.11 Å². The van der Waals surface area contributed by atoms with Crippen molar-refractivity contribution in [1.29, 1.82) is 0 Å². The van der Waals surface area contributed by atoms with Gasteiger partial charge in [0, 0.05) is 5.56 Å². The maximum atomic E-state index is 6.64. The van der Waals surface area contributed by atoms with E-state index >= 15 is 0 Å². The van der Waals surface area contributed by atoms with E-state index in [1.807, 2.05) is 12.1 Å². The van der Waals surface area contributed by atoms with Gasteiger partial charge in [0.1, 0.15) is 0 Å². The summed E-state index contributed by atoms with van der Waals surface area (Å²) in [4.78, 5) is 0.